The highest BCUT2D eigenvalue weighted by Crippen LogP contribution is 2.28. The van der Waals surface area contributed by atoms with Crippen molar-refractivity contribution in [2.24, 2.45) is 0 Å². The lowest BCUT2D eigenvalue weighted by Crippen LogP contribution is -2.54. The molecule has 0 saturated carbocycles. The first-order chi connectivity index (χ1) is 10.6. The Kier molecular flexibility index (Phi) is 3.79. The first kappa shape index (κ1) is 14.5. The molecular weight excluding hydrogens is 324 g/mol. The molecule has 5 nitrogen and oxygen atoms in total. The number of imide groups is 2. The molecular formula is C15H9ClN2O3S. The van der Waals surface area contributed by atoms with E-state index >= 15 is 0 Å². The van der Waals surface area contributed by atoms with Crippen LogP contribution in [0.2, 0.25) is 5.02 Å². The Morgan fingerprint density at radius 2 is 1.91 bits per heavy atom. The minimum Gasteiger partial charge on any atom is -0.273 e. The van der Waals surface area contributed by atoms with Crippen molar-refractivity contribution in [1.82, 2.24) is 5.32 Å². The van der Waals surface area contributed by atoms with Crippen molar-refractivity contribution in [3.05, 3.63) is 57.3 Å². The van der Waals surface area contributed by atoms with Gasteiger partial charge in [0.25, 0.3) is 11.8 Å². The van der Waals surface area contributed by atoms with Crippen LogP contribution in [-0.4, -0.2) is 17.8 Å². The van der Waals surface area contributed by atoms with Crippen molar-refractivity contribution in [2.45, 2.75) is 0 Å². The lowest BCUT2D eigenvalue weighted by Gasteiger charge is -2.26. The van der Waals surface area contributed by atoms with Crippen molar-refractivity contribution >= 4 is 52.5 Å². The van der Waals surface area contributed by atoms with Crippen molar-refractivity contribution in [2.75, 3.05) is 4.90 Å². The molecule has 1 aliphatic rings. The number of nitrogens with one attached hydrogen (secondary N) is 1. The summed E-state index contributed by atoms with van der Waals surface area (Å²) in [4.78, 5) is 37.3. The van der Waals surface area contributed by atoms with E-state index in [-0.39, 0.29) is 16.3 Å². The third-order valence-corrected chi connectivity index (χ3v) is 4.07. The van der Waals surface area contributed by atoms with Crippen molar-refractivity contribution < 1.29 is 14.4 Å². The van der Waals surface area contributed by atoms with Gasteiger partial charge in [-0.05, 0) is 40.6 Å². The van der Waals surface area contributed by atoms with Gasteiger partial charge in [0, 0.05) is 0 Å². The number of barbiturate groups is 1. The lowest BCUT2D eigenvalue weighted by molar-refractivity contribution is -0.122. The molecule has 1 fully saturated rings. The van der Waals surface area contributed by atoms with Gasteiger partial charge in [-0.3, -0.25) is 14.9 Å². The number of thiophene rings is 1. The van der Waals surface area contributed by atoms with Crippen LogP contribution in [0.15, 0.2) is 46.7 Å². The van der Waals surface area contributed by atoms with Crippen LogP contribution in [0.4, 0.5) is 10.5 Å². The van der Waals surface area contributed by atoms with Gasteiger partial charge in [0.1, 0.15) is 5.57 Å². The SMILES string of the molecule is O=C1NC(=O)N(c2ccccc2Cl)C(=O)/C1=C/c1ccsc1. The van der Waals surface area contributed by atoms with Gasteiger partial charge in [0.2, 0.25) is 0 Å². The lowest BCUT2D eigenvalue weighted by atomic mass is 10.1. The molecule has 4 amide bonds. The van der Waals surface area contributed by atoms with Gasteiger partial charge in [0.15, 0.2) is 0 Å². The molecule has 1 aromatic carbocycles. The smallest absolute Gasteiger partial charge is 0.273 e. The van der Waals surface area contributed by atoms with E-state index in [0.29, 0.717) is 0 Å². The summed E-state index contributed by atoms with van der Waals surface area (Å²) < 4.78 is 0. The maximum atomic E-state index is 12.5. The molecule has 22 heavy (non-hydrogen) atoms. The van der Waals surface area contributed by atoms with Gasteiger partial charge < -0.3 is 0 Å². The van der Waals surface area contributed by atoms with Crippen LogP contribution >= 0.6 is 22.9 Å². The number of nitrogens with zero attached hydrogens (tertiary/aromatic N) is 1. The number of hydrogen-bond acceptors (Lipinski definition) is 4. The van der Waals surface area contributed by atoms with Crippen LogP contribution in [0.25, 0.3) is 6.08 Å². The van der Waals surface area contributed by atoms with E-state index in [0.717, 1.165) is 10.5 Å². The molecule has 110 valence electrons. The predicted molar refractivity (Wildman–Crippen MR) is 84.8 cm³/mol. The fourth-order valence-electron chi connectivity index (χ4n) is 2.03. The zero-order valence-corrected chi connectivity index (χ0v) is 12.6. The van der Waals surface area contributed by atoms with Crippen LogP contribution in [0.5, 0.6) is 0 Å². The standard InChI is InChI=1S/C15H9ClN2O3S/c16-11-3-1-2-4-12(11)18-14(20)10(13(19)17-15(18)21)7-9-5-6-22-8-9/h1-8H,(H,17,19,21)/b10-7+. The largest absolute Gasteiger partial charge is 0.335 e. The molecule has 1 N–H and O–H groups in total. The molecule has 1 saturated heterocycles. The molecule has 2 aromatic rings. The van der Waals surface area contributed by atoms with E-state index in [2.05, 4.69) is 5.32 Å². The minimum atomic E-state index is -0.814. The highest BCUT2D eigenvalue weighted by atomic mass is 35.5. The van der Waals surface area contributed by atoms with Crippen LogP contribution in [0, 0.1) is 0 Å². The molecule has 2 heterocycles. The highest BCUT2D eigenvalue weighted by molar-refractivity contribution is 7.08. The normalized spacial score (nSPS) is 17.0. The topological polar surface area (TPSA) is 66.5 Å². The Morgan fingerprint density at radius 3 is 2.59 bits per heavy atom. The maximum Gasteiger partial charge on any atom is 0.335 e. The van der Waals surface area contributed by atoms with Gasteiger partial charge in [-0.25, -0.2) is 9.69 Å². The van der Waals surface area contributed by atoms with Crippen molar-refractivity contribution in [3.8, 4) is 0 Å². The summed E-state index contributed by atoms with van der Waals surface area (Å²) >= 11 is 7.48. The van der Waals surface area contributed by atoms with Crippen LogP contribution in [-0.2, 0) is 9.59 Å². The Bertz CT molecular complexity index is 799. The van der Waals surface area contributed by atoms with Crippen LogP contribution < -0.4 is 10.2 Å². The van der Waals surface area contributed by atoms with Crippen LogP contribution in [0.3, 0.4) is 0 Å². The zero-order chi connectivity index (χ0) is 15.7. The second-order valence-electron chi connectivity index (χ2n) is 4.47. The van der Waals surface area contributed by atoms with E-state index in [1.54, 1.807) is 29.6 Å². The summed E-state index contributed by atoms with van der Waals surface area (Å²) in [6, 6.07) is 7.40. The number of carbonyl (C=O) groups excluding carboxylic acids is 3. The van der Waals surface area contributed by atoms with Gasteiger partial charge in [-0.15, -0.1) is 0 Å². The van der Waals surface area contributed by atoms with Crippen molar-refractivity contribution in [3.63, 3.8) is 0 Å². The average molecular weight is 333 g/mol. The van der Waals surface area contributed by atoms with Gasteiger partial charge in [0.05, 0.1) is 10.7 Å². The second kappa shape index (κ2) is 5.75. The summed E-state index contributed by atoms with van der Waals surface area (Å²) in [6.07, 6.45) is 1.45. The Morgan fingerprint density at radius 1 is 1.14 bits per heavy atom. The molecule has 0 aliphatic carbocycles. The molecule has 3 rings (SSSR count). The molecule has 0 unspecified atom stereocenters. The average Bonchev–Trinajstić information content (AvgIpc) is 2.98. The summed E-state index contributed by atoms with van der Waals surface area (Å²) in [5.41, 5.74) is 0.838. The van der Waals surface area contributed by atoms with Crippen LogP contribution in [0.1, 0.15) is 5.56 Å². The Balaban J connectivity index is 2.05. The van der Waals surface area contributed by atoms with E-state index in [9.17, 15) is 14.4 Å². The molecule has 0 radical (unpaired) electrons. The number of hydrogen-bond donors (Lipinski definition) is 1. The molecule has 0 bridgehead atoms. The fourth-order valence-corrected chi connectivity index (χ4v) is 2.87. The summed E-state index contributed by atoms with van der Waals surface area (Å²) in [5.74, 6) is -1.42. The van der Waals surface area contributed by atoms with E-state index in [1.807, 2.05) is 5.38 Å². The third kappa shape index (κ3) is 2.54. The Labute approximate surface area is 134 Å². The Hall–Kier alpha value is -2.44. The number of carbonyl (C=O) groups is 3. The van der Waals surface area contributed by atoms with E-state index in [1.165, 1.54) is 23.5 Å². The number of anilines is 1. The molecule has 1 aliphatic heterocycles. The summed E-state index contributed by atoms with van der Waals surface area (Å²) in [6.45, 7) is 0. The first-order valence-corrected chi connectivity index (χ1v) is 7.58. The zero-order valence-electron chi connectivity index (χ0n) is 11.1. The minimum absolute atomic E-state index is 0.113. The third-order valence-electron chi connectivity index (χ3n) is 3.05. The number of urea groups is 1. The van der Waals surface area contributed by atoms with Gasteiger partial charge >= 0.3 is 6.03 Å². The first-order valence-electron chi connectivity index (χ1n) is 6.26. The van der Waals surface area contributed by atoms with Gasteiger partial charge in [-0.2, -0.15) is 11.3 Å². The van der Waals surface area contributed by atoms with Crippen molar-refractivity contribution in [1.29, 1.82) is 0 Å². The fraction of sp³-hybridized carbons (Fsp3) is 0. The quantitative estimate of drug-likeness (QED) is 0.679. The number of para-hydroxylation sites is 1. The molecule has 1 aromatic heterocycles. The number of benzene rings is 1. The van der Waals surface area contributed by atoms with E-state index < -0.39 is 17.8 Å². The monoisotopic (exact) mass is 332 g/mol. The maximum absolute atomic E-state index is 12.5. The second-order valence-corrected chi connectivity index (χ2v) is 5.65. The summed E-state index contributed by atoms with van der Waals surface area (Å²) in [5, 5.41) is 6.02. The molecule has 7 heteroatoms. The molecule has 0 spiro atoms. The van der Waals surface area contributed by atoms with Gasteiger partial charge in [-0.1, -0.05) is 23.7 Å². The highest BCUT2D eigenvalue weighted by Gasteiger charge is 2.37. The number of halogens is 1. The number of rotatable bonds is 2. The summed E-state index contributed by atoms with van der Waals surface area (Å²) in [7, 11) is 0. The van der Waals surface area contributed by atoms with E-state index in [4.69, 9.17) is 11.6 Å². The number of amides is 4. The predicted octanol–water partition coefficient (Wildman–Crippen LogP) is 3.07. The molecule has 0 atom stereocenters.